The van der Waals surface area contributed by atoms with Crippen LogP contribution in [0, 0.1) is 0 Å². The molecule has 0 fully saturated rings. The maximum Gasteiger partial charge on any atom is 0.306 e. The molecule has 0 aliphatic carbocycles. The van der Waals surface area contributed by atoms with Gasteiger partial charge in [0.2, 0.25) is 0 Å². The first kappa shape index (κ1) is 10.7. The molecule has 2 rings (SSSR count). The molecule has 1 atom stereocenters. The fourth-order valence-corrected chi connectivity index (χ4v) is 1.78. The van der Waals surface area contributed by atoms with Crippen LogP contribution in [0.2, 0.25) is 0 Å². The molecule has 2 heterocycles. The fraction of sp³-hybridized carbons (Fsp3) is 0.455. The number of hydrogen-bond donors (Lipinski definition) is 1. The first-order valence-corrected chi connectivity index (χ1v) is 5.21. The molecule has 0 aromatic carbocycles. The summed E-state index contributed by atoms with van der Waals surface area (Å²) in [4.78, 5) is 24.9. The molecule has 0 saturated carbocycles. The van der Waals surface area contributed by atoms with Crippen molar-refractivity contribution >= 4 is 5.97 Å². The van der Waals surface area contributed by atoms with Gasteiger partial charge in [0.05, 0.1) is 19.6 Å². The summed E-state index contributed by atoms with van der Waals surface area (Å²) in [6.45, 7) is 2.57. The Morgan fingerprint density at radius 2 is 2.50 bits per heavy atom. The number of rotatable bonds is 3. The van der Waals surface area contributed by atoms with Crippen molar-refractivity contribution in [2.75, 3.05) is 13.2 Å². The zero-order valence-electron chi connectivity index (χ0n) is 8.99. The predicted molar refractivity (Wildman–Crippen MR) is 56.5 cm³/mol. The summed E-state index contributed by atoms with van der Waals surface area (Å²) in [7, 11) is 0. The molecule has 0 bridgehead atoms. The number of aromatic nitrogens is 1. The summed E-state index contributed by atoms with van der Waals surface area (Å²) in [5, 5.41) is 0. The number of carbonyl (C=O) groups excluding carboxylic acids is 1. The summed E-state index contributed by atoms with van der Waals surface area (Å²) in [5.74, 6) is 0.305. The number of esters is 1. The van der Waals surface area contributed by atoms with Gasteiger partial charge in [0.25, 0.3) is 5.56 Å². The van der Waals surface area contributed by atoms with Crippen LogP contribution in [0.3, 0.4) is 0 Å². The largest absolute Gasteiger partial charge is 0.492 e. The number of ether oxygens (including phenoxy) is 2. The normalized spacial score (nSPS) is 17.7. The molecule has 0 spiro atoms. The Labute approximate surface area is 92.4 Å². The molecule has 1 aromatic rings. The van der Waals surface area contributed by atoms with Gasteiger partial charge >= 0.3 is 5.97 Å². The molecular weight excluding hydrogens is 210 g/mol. The second-order valence-corrected chi connectivity index (χ2v) is 3.63. The Hall–Kier alpha value is -1.78. The molecule has 0 amide bonds. The lowest BCUT2D eigenvalue weighted by atomic mass is 10.00. The lowest BCUT2D eigenvalue weighted by Gasteiger charge is -2.07. The zero-order chi connectivity index (χ0) is 11.5. The van der Waals surface area contributed by atoms with E-state index in [1.165, 1.54) is 6.07 Å². The van der Waals surface area contributed by atoms with Crippen molar-refractivity contribution in [3.05, 3.63) is 28.2 Å². The number of carbonyl (C=O) groups is 1. The van der Waals surface area contributed by atoms with E-state index in [1.54, 1.807) is 13.1 Å². The van der Waals surface area contributed by atoms with Gasteiger partial charge in [-0.2, -0.15) is 0 Å². The van der Waals surface area contributed by atoms with Crippen LogP contribution in [0.25, 0.3) is 0 Å². The summed E-state index contributed by atoms with van der Waals surface area (Å²) in [5.41, 5.74) is 0.670. The summed E-state index contributed by atoms with van der Waals surface area (Å²) >= 11 is 0. The molecule has 5 heteroatoms. The minimum Gasteiger partial charge on any atom is -0.492 e. The van der Waals surface area contributed by atoms with Gasteiger partial charge in [0.1, 0.15) is 5.75 Å². The molecule has 5 nitrogen and oxygen atoms in total. The number of hydrogen-bond acceptors (Lipinski definition) is 4. The van der Waals surface area contributed by atoms with Crippen LogP contribution in [0.15, 0.2) is 17.1 Å². The predicted octanol–water partition coefficient (Wildman–Crippen LogP) is 0.804. The molecule has 1 aliphatic heterocycles. The maximum atomic E-state index is 11.3. The molecule has 0 radical (unpaired) electrons. The highest BCUT2D eigenvalue weighted by molar-refractivity contribution is 5.71. The van der Waals surface area contributed by atoms with Crippen LogP contribution in [0.4, 0.5) is 0 Å². The van der Waals surface area contributed by atoms with E-state index in [4.69, 9.17) is 9.47 Å². The topological polar surface area (TPSA) is 68.4 Å². The van der Waals surface area contributed by atoms with E-state index in [-0.39, 0.29) is 23.9 Å². The first-order valence-electron chi connectivity index (χ1n) is 5.21. The quantitative estimate of drug-likeness (QED) is 0.770. The second-order valence-electron chi connectivity index (χ2n) is 3.63. The minimum absolute atomic E-state index is 0.0223. The fourth-order valence-electron chi connectivity index (χ4n) is 1.78. The van der Waals surface area contributed by atoms with E-state index in [9.17, 15) is 9.59 Å². The van der Waals surface area contributed by atoms with E-state index in [2.05, 4.69) is 4.98 Å². The number of aromatic amines is 1. The third-order valence-corrected chi connectivity index (χ3v) is 2.51. The highest BCUT2D eigenvalue weighted by atomic mass is 16.5. The Morgan fingerprint density at radius 1 is 1.69 bits per heavy atom. The summed E-state index contributed by atoms with van der Waals surface area (Å²) in [6.07, 6.45) is 1.89. The lowest BCUT2D eigenvalue weighted by molar-refractivity contribution is -0.143. The van der Waals surface area contributed by atoms with Crippen LogP contribution in [-0.2, 0) is 9.53 Å². The maximum absolute atomic E-state index is 11.3. The molecule has 86 valence electrons. The van der Waals surface area contributed by atoms with Gasteiger partial charge in [-0.05, 0) is 6.92 Å². The zero-order valence-corrected chi connectivity index (χ0v) is 8.99. The van der Waals surface area contributed by atoms with Crippen molar-refractivity contribution in [3.63, 3.8) is 0 Å². The van der Waals surface area contributed by atoms with E-state index >= 15 is 0 Å². The van der Waals surface area contributed by atoms with Crippen LogP contribution in [-0.4, -0.2) is 24.2 Å². The van der Waals surface area contributed by atoms with Crippen molar-refractivity contribution < 1.29 is 14.3 Å². The molecular formula is C11H13NO4. The Morgan fingerprint density at radius 3 is 3.25 bits per heavy atom. The lowest BCUT2D eigenvalue weighted by Crippen LogP contribution is -2.11. The minimum atomic E-state index is -0.241. The monoisotopic (exact) mass is 223 g/mol. The molecule has 1 aromatic heterocycles. The van der Waals surface area contributed by atoms with Gasteiger partial charge in [-0.15, -0.1) is 0 Å². The molecule has 16 heavy (non-hydrogen) atoms. The number of nitrogens with one attached hydrogen (secondary N) is 1. The van der Waals surface area contributed by atoms with Gasteiger partial charge in [-0.1, -0.05) is 0 Å². The van der Waals surface area contributed by atoms with Gasteiger partial charge in [0, 0.05) is 23.7 Å². The second kappa shape index (κ2) is 4.38. The number of H-pyrrole nitrogens is 1. The van der Waals surface area contributed by atoms with E-state index in [0.717, 1.165) is 5.56 Å². The highest BCUT2D eigenvalue weighted by Gasteiger charge is 2.27. The van der Waals surface area contributed by atoms with Crippen molar-refractivity contribution in [2.24, 2.45) is 0 Å². The van der Waals surface area contributed by atoms with Crippen LogP contribution < -0.4 is 10.3 Å². The first-order chi connectivity index (χ1) is 7.70. The number of pyridine rings is 1. The summed E-state index contributed by atoms with van der Waals surface area (Å²) in [6, 6.07) is 1.40. The van der Waals surface area contributed by atoms with Gasteiger partial charge in [-0.3, -0.25) is 9.59 Å². The third kappa shape index (κ3) is 2.08. The molecule has 0 saturated heterocycles. The standard InChI is InChI=1S/C11H13NO4/c1-2-15-11(14)3-7-6-16-9-4-10(13)12-5-8(7)9/h4-5,7H,2-3,6H2,1H3,(H,12,13)/t7-/m1/s1. The van der Waals surface area contributed by atoms with Crippen LogP contribution in [0.1, 0.15) is 24.8 Å². The highest BCUT2D eigenvalue weighted by Crippen LogP contribution is 2.34. The molecule has 0 unspecified atom stereocenters. The van der Waals surface area contributed by atoms with E-state index < -0.39 is 0 Å². The van der Waals surface area contributed by atoms with Crippen molar-refractivity contribution in [3.8, 4) is 5.75 Å². The van der Waals surface area contributed by atoms with Gasteiger partial charge in [0.15, 0.2) is 0 Å². The third-order valence-electron chi connectivity index (χ3n) is 2.51. The molecule has 1 aliphatic rings. The SMILES string of the molecule is CCOC(=O)C[C@@H]1COc2cc(=O)[nH]cc21. The Balaban J connectivity index is 2.12. The van der Waals surface area contributed by atoms with Crippen molar-refractivity contribution in [1.29, 1.82) is 0 Å². The van der Waals surface area contributed by atoms with Gasteiger partial charge in [-0.25, -0.2) is 0 Å². The van der Waals surface area contributed by atoms with Crippen LogP contribution >= 0.6 is 0 Å². The van der Waals surface area contributed by atoms with Crippen molar-refractivity contribution in [1.82, 2.24) is 4.98 Å². The van der Waals surface area contributed by atoms with E-state index in [1.807, 2.05) is 0 Å². The van der Waals surface area contributed by atoms with Crippen molar-refractivity contribution in [2.45, 2.75) is 19.3 Å². The average molecular weight is 223 g/mol. The Bertz CT molecular complexity index is 452. The number of fused-ring (bicyclic) bond motifs is 1. The smallest absolute Gasteiger partial charge is 0.306 e. The average Bonchev–Trinajstić information content (AvgIpc) is 2.61. The Kier molecular flexibility index (Phi) is 2.94. The summed E-state index contributed by atoms with van der Waals surface area (Å²) < 4.78 is 10.2. The van der Waals surface area contributed by atoms with E-state index in [0.29, 0.717) is 19.0 Å². The van der Waals surface area contributed by atoms with Crippen LogP contribution in [0.5, 0.6) is 5.75 Å². The van der Waals surface area contributed by atoms with Gasteiger partial charge < -0.3 is 14.5 Å². The molecule has 1 N–H and O–H groups in total.